The number of benzene rings is 1. The number of aromatic nitrogens is 2. The van der Waals surface area contributed by atoms with Gasteiger partial charge in [-0.25, -0.2) is 9.07 Å². The van der Waals surface area contributed by atoms with Gasteiger partial charge in [0.05, 0.1) is 23.1 Å². The minimum absolute atomic E-state index is 0.0944. The Morgan fingerprint density at radius 3 is 2.80 bits per heavy atom. The monoisotopic (exact) mass is 344 g/mol. The second kappa shape index (κ2) is 7.78. The third-order valence-corrected chi connectivity index (χ3v) is 4.67. The molecule has 0 spiro atoms. The van der Waals surface area contributed by atoms with Crippen LogP contribution in [0.1, 0.15) is 48.7 Å². The van der Waals surface area contributed by atoms with Crippen molar-refractivity contribution in [3.05, 3.63) is 47.5 Å². The van der Waals surface area contributed by atoms with Crippen LogP contribution in [0, 0.1) is 11.7 Å². The molecule has 2 N–H and O–H groups in total. The molecular formula is C19H25FN4O. The van der Waals surface area contributed by atoms with Gasteiger partial charge in [-0.2, -0.15) is 5.10 Å². The Morgan fingerprint density at radius 2 is 2.16 bits per heavy atom. The number of carbonyl (C=O) groups is 1. The first-order valence-corrected chi connectivity index (χ1v) is 8.89. The fraction of sp³-hybridized carbons (Fsp3) is 0.474. The van der Waals surface area contributed by atoms with Gasteiger partial charge >= 0.3 is 0 Å². The van der Waals surface area contributed by atoms with Gasteiger partial charge in [0.15, 0.2) is 0 Å². The van der Waals surface area contributed by atoms with E-state index in [0.29, 0.717) is 18.0 Å². The van der Waals surface area contributed by atoms with Crippen LogP contribution in [0.2, 0.25) is 0 Å². The van der Waals surface area contributed by atoms with Crippen molar-refractivity contribution in [1.29, 1.82) is 0 Å². The summed E-state index contributed by atoms with van der Waals surface area (Å²) in [5.74, 6) is 0.378. The maximum atomic E-state index is 13.2. The number of nitrogens with zero attached hydrogens (tertiary/aromatic N) is 2. The Balaban J connectivity index is 1.74. The minimum Gasteiger partial charge on any atom is -0.352 e. The molecule has 2 heterocycles. The summed E-state index contributed by atoms with van der Waals surface area (Å²) in [5, 5.41) is 10.7. The van der Waals surface area contributed by atoms with E-state index in [1.165, 1.54) is 18.6 Å². The van der Waals surface area contributed by atoms with Crippen LogP contribution < -0.4 is 10.6 Å². The summed E-state index contributed by atoms with van der Waals surface area (Å²) in [7, 11) is 0. The molecule has 0 radical (unpaired) electrons. The maximum Gasteiger partial charge on any atom is 0.254 e. The summed E-state index contributed by atoms with van der Waals surface area (Å²) < 4.78 is 14.9. The van der Waals surface area contributed by atoms with Gasteiger partial charge in [0.2, 0.25) is 0 Å². The molecule has 0 saturated carbocycles. The minimum atomic E-state index is -0.290. The molecule has 1 saturated heterocycles. The van der Waals surface area contributed by atoms with Crippen LogP contribution in [0.5, 0.6) is 0 Å². The first-order chi connectivity index (χ1) is 12.1. The third kappa shape index (κ3) is 4.07. The fourth-order valence-corrected chi connectivity index (χ4v) is 3.32. The highest BCUT2D eigenvalue weighted by Crippen LogP contribution is 2.23. The zero-order chi connectivity index (χ0) is 17.8. The van der Waals surface area contributed by atoms with Gasteiger partial charge in [0.25, 0.3) is 5.91 Å². The van der Waals surface area contributed by atoms with Crippen molar-refractivity contribution in [2.24, 2.45) is 5.92 Å². The van der Waals surface area contributed by atoms with Gasteiger partial charge in [-0.1, -0.05) is 13.8 Å². The summed E-state index contributed by atoms with van der Waals surface area (Å²) in [6, 6.07) is 6.14. The third-order valence-electron chi connectivity index (χ3n) is 4.67. The van der Waals surface area contributed by atoms with E-state index in [2.05, 4.69) is 15.7 Å². The first-order valence-electron chi connectivity index (χ1n) is 8.89. The average molecular weight is 344 g/mol. The molecule has 1 fully saturated rings. The van der Waals surface area contributed by atoms with E-state index >= 15 is 0 Å². The summed E-state index contributed by atoms with van der Waals surface area (Å²) in [6.07, 6.45) is 3.77. The molecule has 134 valence electrons. The van der Waals surface area contributed by atoms with Crippen molar-refractivity contribution in [1.82, 2.24) is 20.4 Å². The lowest BCUT2D eigenvalue weighted by atomic mass is 10.0. The average Bonchev–Trinajstić information content (AvgIpc) is 3.24. The summed E-state index contributed by atoms with van der Waals surface area (Å²) >= 11 is 0. The Labute approximate surface area is 147 Å². The van der Waals surface area contributed by atoms with Gasteiger partial charge in [-0.3, -0.25) is 4.79 Å². The zero-order valence-corrected chi connectivity index (χ0v) is 14.8. The molecule has 5 nitrogen and oxygen atoms in total. The van der Waals surface area contributed by atoms with E-state index in [-0.39, 0.29) is 17.6 Å². The van der Waals surface area contributed by atoms with Crippen LogP contribution in [0.3, 0.4) is 0 Å². The van der Waals surface area contributed by atoms with E-state index in [1.54, 1.807) is 23.0 Å². The molecule has 1 unspecified atom stereocenters. The number of hydrogen-bond acceptors (Lipinski definition) is 3. The van der Waals surface area contributed by atoms with Gasteiger partial charge < -0.3 is 10.6 Å². The Kier molecular flexibility index (Phi) is 5.48. The van der Waals surface area contributed by atoms with Crippen molar-refractivity contribution >= 4 is 5.91 Å². The molecular weight excluding hydrogens is 319 g/mol. The molecule has 1 aliphatic rings. The summed E-state index contributed by atoms with van der Waals surface area (Å²) in [6.45, 7) is 6.83. The molecule has 3 rings (SSSR count). The molecule has 6 heteroatoms. The Hall–Kier alpha value is -2.21. The maximum absolute atomic E-state index is 13.2. The van der Waals surface area contributed by atoms with Crippen LogP contribution in [0.4, 0.5) is 4.39 Å². The quantitative estimate of drug-likeness (QED) is 0.847. The molecule has 1 aromatic heterocycles. The predicted octanol–water partition coefficient (Wildman–Crippen LogP) is 2.86. The number of carbonyl (C=O) groups excluding carboxylic acids is 1. The second-order valence-electron chi connectivity index (χ2n) is 6.89. The molecule has 2 aromatic rings. The Morgan fingerprint density at radius 1 is 1.40 bits per heavy atom. The number of hydrogen-bond donors (Lipinski definition) is 2. The number of amides is 1. The molecule has 1 aromatic carbocycles. The molecule has 1 amide bonds. The van der Waals surface area contributed by atoms with E-state index in [9.17, 15) is 9.18 Å². The predicted molar refractivity (Wildman–Crippen MR) is 95.5 cm³/mol. The van der Waals surface area contributed by atoms with E-state index in [0.717, 1.165) is 30.9 Å². The van der Waals surface area contributed by atoms with Gasteiger partial charge in [-0.05, 0) is 62.0 Å². The van der Waals surface area contributed by atoms with Crippen LogP contribution in [-0.4, -0.2) is 35.3 Å². The Bertz CT molecular complexity index is 718. The lowest BCUT2D eigenvalue weighted by Crippen LogP contribution is -2.27. The molecule has 1 aliphatic heterocycles. The largest absolute Gasteiger partial charge is 0.352 e. The normalized spacial score (nSPS) is 17.2. The lowest BCUT2D eigenvalue weighted by Gasteiger charge is -2.13. The van der Waals surface area contributed by atoms with Crippen LogP contribution in [0.15, 0.2) is 30.5 Å². The zero-order valence-electron chi connectivity index (χ0n) is 14.8. The highest BCUT2D eigenvalue weighted by molar-refractivity contribution is 5.95. The van der Waals surface area contributed by atoms with Crippen molar-refractivity contribution < 1.29 is 9.18 Å². The van der Waals surface area contributed by atoms with E-state index in [1.807, 2.05) is 13.8 Å². The van der Waals surface area contributed by atoms with E-state index in [4.69, 9.17) is 0 Å². The van der Waals surface area contributed by atoms with Crippen molar-refractivity contribution in [2.75, 3.05) is 19.6 Å². The van der Waals surface area contributed by atoms with Crippen molar-refractivity contribution in [3.63, 3.8) is 0 Å². The fourth-order valence-electron chi connectivity index (χ4n) is 3.32. The van der Waals surface area contributed by atoms with Crippen molar-refractivity contribution in [2.45, 2.75) is 32.6 Å². The molecule has 0 aliphatic carbocycles. The highest BCUT2D eigenvalue weighted by atomic mass is 19.1. The summed E-state index contributed by atoms with van der Waals surface area (Å²) in [5.41, 5.74) is 2.18. The number of nitrogens with one attached hydrogen (secondary N) is 2. The second-order valence-corrected chi connectivity index (χ2v) is 6.89. The topological polar surface area (TPSA) is 59.0 Å². The van der Waals surface area contributed by atoms with Crippen LogP contribution in [-0.2, 0) is 0 Å². The lowest BCUT2D eigenvalue weighted by molar-refractivity contribution is 0.0950. The summed E-state index contributed by atoms with van der Waals surface area (Å²) in [4.78, 5) is 12.6. The molecule has 25 heavy (non-hydrogen) atoms. The smallest absolute Gasteiger partial charge is 0.254 e. The molecule has 0 bridgehead atoms. The van der Waals surface area contributed by atoms with Crippen molar-refractivity contribution in [3.8, 4) is 5.69 Å². The molecule has 1 atom stereocenters. The number of rotatable bonds is 6. The van der Waals surface area contributed by atoms with Gasteiger partial charge in [0, 0.05) is 6.54 Å². The van der Waals surface area contributed by atoms with Gasteiger partial charge in [-0.15, -0.1) is 0 Å². The highest BCUT2D eigenvalue weighted by Gasteiger charge is 2.21. The van der Waals surface area contributed by atoms with Crippen LogP contribution in [0.25, 0.3) is 5.69 Å². The van der Waals surface area contributed by atoms with Crippen LogP contribution >= 0.6 is 0 Å². The van der Waals surface area contributed by atoms with Gasteiger partial charge in [0.1, 0.15) is 5.82 Å². The number of halogens is 1. The first kappa shape index (κ1) is 17.6. The SMILES string of the molecule is CC(C)c1c(C(=O)NCCC2CCNC2)cnn1-c1ccc(F)cc1. The van der Waals surface area contributed by atoms with E-state index < -0.39 is 0 Å². The standard InChI is InChI=1S/C19H25FN4O/c1-13(2)18-17(19(25)22-10-8-14-7-9-21-11-14)12-23-24(18)16-5-3-15(20)4-6-16/h3-6,12-14,21H,7-11H2,1-2H3,(H,22,25).